The van der Waals surface area contributed by atoms with Gasteiger partial charge in [0.05, 0.1) is 13.2 Å². The van der Waals surface area contributed by atoms with Crippen molar-refractivity contribution in [2.24, 2.45) is 0 Å². The van der Waals surface area contributed by atoms with E-state index in [9.17, 15) is 4.79 Å². The number of benzene rings is 2. The van der Waals surface area contributed by atoms with Crippen LogP contribution in [0.1, 0.15) is 12.5 Å². The number of hydrogen-bond acceptors (Lipinski definition) is 4. The van der Waals surface area contributed by atoms with Crippen molar-refractivity contribution < 1.29 is 9.53 Å². The molecule has 1 saturated heterocycles. The van der Waals surface area contributed by atoms with E-state index in [4.69, 9.17) is 16.3 Å². The lowest BCUT2D eigenvalue weighted by molar-refractivity contribution is -0.120. The van der Waals surface area contributed by atoms with Crippen LogP contribution >= 0.6 is 11.6 Å². The molecule has 1 fully saturated rings. The molecule has 0 aliphatic carbocycles. The van der Waals surface area contributed by atoms with E-state index >= 15 is 0 Å². The van der Waals surface area contributed by atoms with Gasteiger partial charge in [0.15, 0.2) is 0 Å². The number of ether oxygens (including phenoxy) is 1. The quantitative estimate of drug-likeness (QED) is 0.847. The lowest BCUT2D eigenvalue weighted by Crippen LogP contribution is -2.52. The van der Waals surface area contributed by atoms with Gasteiger partial charge in [-0.05, 0) is 55.8 Å². The van der Waals surface area contributed by atoms with Gasteiger partial charge in [-0.15, -0.1) is 0 Å². The normalized spacial score (nSPS) is 16.1. The second-order valence-electron chi connectivity index (χ2n) is 6.85. The first-order valence-electron chi connectivity index (χ1n) is 9.18. The molecule has 2 aromatic rings. The molecule has 1 amide bonds. The maximum atomic E-state index is 12.7. The Hall–Kier alpha value is -2.24. The van der Waals surface area contributed by atoms with Gasteiger partial charge in [0.25, 0.3) is 0 Å². The molecule has 0 radical (unpaired) electrons. The minimum Gasteiger partial charge on any atom is -0.497 e. The van der Waals surface area contributed by atoms with E-state index in [1.54, 1.807) is 13.2 Å². The van der Waals surface area contributed by atoms with E-state index < -0.39 is 0 Å². The summed E-state index contributed by atoms with van der Waals surface area (Å²) in [7, 11) is 1.67. The van der Waals surface area contributed by atoms with Crippen LogP contribution in [0, 0.1) is 6.92 Å². The van der Waals surface area contributed by atoms with Gasteiger partial charge in [-0.3, -0.25) is 9.69 Å². The number of piperazine rings is 1. The highest BCUT2D eigenvalue weighted by molar-refractivity contribution is 6.31. The molecule has 1 atom stereocenters. The molecule has 1 N–H and O–H groups in total. The Morgan fingerprint density at radius 1 is 1.11 bits per heavy atom. The predicted octanol–water partition coefficient (Wildman–Crippen LogP) is 3.81. The van der Waals surface area contributed by atoms with Crippen molar-refractivity contribution in [3.8, 4) is 5.75 Å². The maximum Gasteiger partial charge on any atom is 0.241 e. The van der Waals surface area contributed by atoms with Gasteiger partial charge in [-0.1, -0.05) is 17.7 Å². The number of rotatable bonds is 5. The highest BCUT2D eigenvalue weighted by Crippen LogP contribution is 2.23. The third-order valence-corrected chi connectivity index (χ3v) is 5.37. The van der Waals surface area contributed by atoms with Crippen LogP contribution in [0.25, 0.3) is 0 Å². The molecule has 27 heavy (non-hydrogen) atoms. The van der Waals surface area contributed by atoms with Crippen molar-refractivity contribution >= 4 is 28.9 Å². The zero-order valence-electron chi connectivity index (χ0n) is 16.0. The number of hydrogen-bond donors (Lipinski definition) is 1. The largest absolute Gasteiger partial charge is 0.497 e. The Kier molecular flexibility index (Phi) is 6.24. The van der Waals surface area contributed by atoms with Gasteiger partial charge < -0.3 is 15.0 Å². The molecule has 144 valence electrons. The zero-order valence-corrected chi connectivity index (χ0v) is 16.8. The van der Waals surface area contributed by atoms with E-state index in [1.807, 2.05) is 38.1 Å². The van der Waals surface area contributed by atoms with Gasteiger partial charge in [-0.25, -0.2) is 0 Å². The Balaban J connectivity index is 1.56. The van der Waals surface area contributed by atoms with Gasteiger partial charge in [0.2, 0.25) is 5.91 Å². The number of aryl methyl sites for hydroxylation is 1. The summed E-state index contributed by atoms with van der Waals surface area (Å²) in [5, 5.41) is 3.63. The van der Waals surface area contributed by atoms with Crippen LogP contribution in [0.3, 0.4) is 0 Å². The lowest BCUT2D eigenvalue weighted by atomic mass is 10.1. The van der Waals surface area contributed by atoms with Crippen molar-refractivity contribution in [3.63, 3.8) is 0 Å². The third kappa shape index (κ3) is 4.73. The minimum absolute atomic E-state index is 0.00161. The smallest absolute Gasteiger partial charge is 0.241 e. The molecule has 0 aromatic heterocycles. The fourth-order valence-corrected chi connectivity index (χ4v) is 3.46. The molecule has 2 aromatic carbocycles. The second kappa shape index (κ2) is 8.63. The maximum absolute atomic E-state index is 12.7. The first-order chi connectivity index (χ1) is 13.0. The monoisotopic (exact) mass is 387 g/mol. The lowest BCUT2D eigenvalue weighted by Gasteiger charge is -2.38. The number of nitrogens with zero attached hydrogens (tertiary/aromatic N) is 2. The summed E-state index contributed by atoms with van der Waals surface area (Å²) in [4.78, 5) is 17.2. The van der Waals surface area contributed by atoms with E-state index in [2.05, 4.69) is 27.2 Å². The first-order valence-corrected chi connectivity index (χ1v) is 9.56. The van der Waals surface area contributed by atoms with Crippen molar-refractivity contribution in [1.29, 1.82) is 0 Å². The third-order valence-electron chi connectivity index (χ3n) is 5.14. The van der Waals surface area contributed by atoms with E-state index in [0.717, 1.165) is 43.2 Å². The molecular weight excluding hydrogens is 362 g/mol. The summed E-state index contributed by atoms with van der Waals surface area (Å²) in [6.45, 7) is 7.38. The number of carbonyl (C=O) groups excluding carboxylic acids is 1. The van der Waals surface area contributed by atoms with Gasteiger partial charge in [0.1, 0.15) is 5.75 Å². The summed E-state index contributed by atoms with van der Waals surface area (Å²) in [5.41, 5.74) is 2.96. The number of amides is 1. The van der Waals surface area contributed by atoms with Crippen LogP contribution in [0.4, 0.5) is 11.4 Å². The average Bonchev–Trinajstić information content (AvgIpc) is 2.70. The fourth-order valence-electron chi connectivity index (χ4n) is 3.29. The number of methoxy groups -OCH3 is 1. The molecule has 0 bridgehead atoms. The number of nitrogens with one attached hydrogen (secondary N) is 1. The Bertz CT molecular complexity index is 787. The summed E-state index contributed by atoms with van der Waals surface area (Å²) in [6.07, 6.45) is 0. The highest BCUT2D eigenvalue weighted by atomic mass is 35.5. The van der Waals surface area contributed by atoms with Crippen molar-refractivity contribution in [1.82, 2.24) is 4.90 Å². The van der Waals surface area contributed by atoms with Gasteiger partial charge in [-0.2, -0.15) is 0 Å². The molecule has 1 heterocycles. The molecule has 6 heteroatoms. The Labute approximate surface area is 165 Å². The van der Waals surface area contributed by atoms with E-state index in [-0.39, 0.29) is 11.9 Å². The molecule has 5 nitrogen and oxygen atoms in total. The number of halogens is 1. The Morgan fingerprint density at radius 3 is 2.41 bits per heavy atom. The minimum atomic E-state index is -0.193. The van der Waals surface area contributed by atoms with E-state index in [0.29, 0.717) is 5.02 Å². The predicted molar refractivity (Wildman–Crippen MR) is 111 cm³/mol. The van der Waals surface area contributed by atoms with Crippen LogP contribution in [0.2, 0.25) is 5.02 Å². The van der Waals surface area contributed by atoms with Crippen LogP contribution in [-0.4, -0.2) is 50.1 Å². The molecule has 0 spiro atoms. The van der Waals surface area contributed by atoms with Crippen molar-refractivity contribution in [3.05, 3.63) is 53.1 Å². The SMILES string of the molecule is COc1ccc(N2CCN([C@@H](C)C(=O)Nc3cc(Cl)ccc3C)CC2)cc1. The molecular formula is C21H26ClN3O2. The van der Waals surface area contributed by atoms with Gasteiger partial charge in [0, 0.05) is 42.6 Å². The van der Waals surface area contributed by atoms with Crippen LogP contribution < -0.4 is 15.0 Å². The molecule has 1 aliphatic heterocycles. The highest BCUT2D eigenvalue weighted by Gasteiger charge is 2.26. The zero-order chi connectivity index (χ0) is 19.4. The van der Waals surface area contributed by atoms with E-state index in [1.165, 1.54) is 5.69 Å². The summed E-state index contributed by atoms with van der Waals surface area (Å²) in [5.74, 6) is 0.859. The topological polar surface area (TPSA) is 44.8 Å². The van der Waals surface area contributed by atoms with Crippen LogP contribution in [0.15, 0.2) is 42.5 Å². The second-order valence-corrected chi connectivity index (χ2v) is 7.28. The van der Waals surface area contributed by atoms with Gasteiger partial charge >= 0.3 is 0 Å². The van der Waals surface area contributed by atoms with Crippen LogP contribution in [-0.2, 0) is 4.79 Å². The molecule has 3 rings (SSSR count). The Morgan fingerprint density at radius 2 is 1.78 bits per heavy atom. The van der Waals surface area contributed by atoms with Crippen molar-refractivity contribution in [2.45, 2.75) is 19.9 Å². The van der Waals surface area contributed by atoms with Crippen LogP contribution in [0.5, 0.6) is 5.75 Å². The molecule has 0 saturated carbocycles. The average molecular weight is 388 g/mol. The molecule has 1 aliphatic rings. The molecule has 0 unspecified atom stereocenters. The fraction of sp³-hybridized carbons (Fsp3) is 0.381. The standard InChI is InChI=1S/C21H26ClN3O2/c1-15-4-5-17(22)14-20(15)23-21(26)16(2)24-10-12-25(13-11-24)18-6-8-19(27-3)9-7-18/h4-9,14,16H,10-13H2,1-3H3,(H,23,26)/t16-/m0/s1. The summed E-state index contributed by atoms with van der Waals surface area (Å²) >= 11 is 6.05. The van der Waals surface area contributed by atoms with Crippen molar-refractivity contribution in [2.75, 3.05) is 43.5 Å². The summed E-state index contributed by atoms with van der Waals surface area (Å²) in [6, 6.07) is 13.4. The number of carbonyl (C=O) groups is 1. The number of anilines is 2. The first kappa shape index (κ1) is 19.5. The summed E-state index contributed by atoms with van der Waals surface area (Å²) < 4.78 is 5.22.